The van der Waals surface area contributed by atoms with Crippen molar-refractivity contribution in [1.82, 2.24) is 0 Å². The number of benzene rings is 4. The Balaban J connectivity index is 1.81. The van der Waals surface area contributed by atoms with E-state index < -0.39 is 29.3 Å². The molecular weight excluding hydrogens is 461 g/mol. The average molecular weight is 483 g/mol. The number of anilines is 1. The number of carbonyl (C=O) groups is 2. The van der Waals surface area contributed by atoms with Crippen LogP contribution in [0.3, 0.4) is 0 Å². The lowest BCUT2D eigenvalue weighted by molar-refractivity contribution is -0.132. The van der Waals surface area contributed by atoms with Gasteiger partial charge in [0.2, 0.25) is 0 Å². The van der Waals surface area contributed by atoms with E-state index in [1.165, 1.54) is 31.3 Å². The lowest BCUT2D eigenvalue weighted by Gasteiger charge is -2.26. The summed E-state index contributed by atoms with van der Waals surface area (Å²) in [5.74, 6) is -2.08. The molecule has 1 unspecified atom stereocenters. The standard InChI is InChI=1S/C29H22FNO5/c1-35-20-13-11-19(12-14-20)31-26(22-9-5-7-17-6-3-4-8-21(17)22)25(28(33)29(31)34)27(32)23-16-18(30)10-15-24(23)36-2/h3-16,26,32H,1-2H3/b27-25+. The second kappa shape index (κ2) is 9.19. The molecule has 0 saturated carbocycles. The van der Waals surface area contributed by atoms with E-state index in [9.17, 15) is 19.1 Å². The van der Waals surface area contributed by atoms with Crippen molar-refractivity contribution in [2.24, 2.45) is 0 Å². The fourth-order valence-electron chi connectivity index (χ4n) is 4.64. The number of fused-ring (bicyclic) bond motifs is 1. The van der Waals surface area contributed by atoms with Gasteiger partial charge in [-0.2, -0.15) is 0 Å². The summed E-state index contributed by atoms with van der Waals surface area (Å²) >= 11 is 0. The summed E-state index contributed by atoms with van der Waals surface area (Å²) in [6, 6.07) is 22.5. The topological polar surface area (TPSA) is 76.1 Å². The van der Waals surface area contributed by atoms with Crippen LogP contribution in [0.15, 0.2) is 90.5 Å². The lowest BCUT2D eigenvalue weighted by atomic mass is 9.91. The molecular formula is C29H22FNO5. The van der Waals surface area contributed by atoms with Crippen molar-refractivity contribution in [3.63, 3.8) is 0 Å². The number of methoxy groups -OCH3 is 2. The number of amides is 1. The Hall–Kier alpha value is -4.65. The quantitative estimate of drug-likeness (QED) is 0.226. The molecule has 1 amide bonds. The Morgan fingerprint density at radius 1 is 0.889 bits per heavy atom. The summed E-state index contributed by atoms with van der Waals surface area (Å²) in [6.45, 7) is 0. The van der Waals surface area contributed by atoms with E-state index in [-0.39, 0.29) is 16.9 Å². The van der Waals surface area contributed by atoms with Gasteiger partial charge in [-0.3, -0.25) is 14.5 Å². The lowest BCUT2D eigenvalue weighted by Crippen LogP contribution is -2.29. The van der Waals surface area contributed by atoms with Gasteiger partial charge in [-0.25, -0.2) is 4.39 Å². The molecule has 4 aromatic rings. The Kier molecular flexibility index (Phi) is 5.90. The number of carbonyl (C=O) groups excluding carboxylic acids is 2. The van der Waals surface area contributed by atoms with Crippen molar-refractivity contribution in [2.45, 2.75) is 6.04 Å². The van der Waals surface area contributed by atoms with Crippen molar-refractivity contribution < 1.29 is 28.6 Å². The highest BCUT2D eigenvalue weighted by molar-refractivity contribution is 6.52. The molecule has 4 aromatic carbocycles. The summed E-state index contributed by atoms with van der Waals surface area (Å²) in [4.78, 5) is 28.3. The largest absolute Gasteiger partial charge is 0.507 e. The first-order valence-corrected chi connectivity index (χ1v) is 11.2. The van der Waals surface area contributed by atoms with E-state index in [0.29, 0.717) is 17.0 Å². The van der Waals surface area contributed by atoms with Crippen LogP contribution in [0.1, 0.15) is 17.2 Å². The van der Waals surface area contributed by atoms with E-state index >= 15 is 0 Å². The highest BCUT2D eigenvalue weighted by Gasteiger charge is 2.47. The molecule has 0 aromatic heterocycles. The van der Waals surface area contributed by atoms with Gasteiger partial charge >= 0.3 is 0 Å². The zero-order valence-electron chi connectivity index (χ0n) is 19.6. The first kappa shape index (κ1) is 23.1. The molecule has 0 aliphatic carbocycles. The third-order valence-corrected chi connectivity index (χ3v) is 6.33. The number of hydrogen-bond acceptors (Lipinski definition) is 5. The normalized spacial score (nSPS) is 17.0. The SMILES string of the molecule is COc1ccc(N2C(=O)C(=O)/C(=C(/O)c3cc(F)ccc3OC)C2c2cccc3ccccc23)cc1. The molecule has 1 atom stereocenters. The highest BCUT2D eigenvalue weighted by Crippen LogP contribution is 2.45. The Morgan fingerprint density at radius 3 is 2.33 bits per heavy atom. The number of nitrogens with zero attached hydrogens (tertiary/aromatic N) is 1. The van der Waals surface area contributed by atoms with Gasteiger partial charge in [0.25, 0.3) is 11.7 Å². The van der Waals surface area contributed by atoms with E-state index in [1.54, 1.807) is 24.3 Å². The third kappa shape index (κ3) is 3.75. The van der Waals surface area contributed by atoms with Crippen LogP contribution in [0.4, 0.5) is 10.1 Å². The molecule has 1 heterocycles. The van der Waals surface area contributed by atoms with Crippen LogP contribution in [0.2, 0.25) is 0 Å². The van der Waals surface area contributed by atoms with Gasteiger partial charge in [0, 0.05) is 5.69 Å². The van der Waals surface area contributed by atoms with Gasteiger partial charge in [0.1, 0.15) is 23.1 Å². The third-order valence-electron chi connectivity index (χ3n) is 6.33. The molecule has 1 saturated heterocycles. The molecule has 1 aliphatic heterocycles. The predicted octanol–water partition coefficient (Wildman–Crippen LogP) is 5.62. The van der Waals surface area contributed by atoms with Crippen LogP contribution < -0.4 is 14.4 Å². The minimum atomic E-state index is -0.975. The highest BCUT2D eigenvalue weighted by atomic mass is 19.1. The van der Waals surface area contributed by atoms with Crippen molar-refractivity contribution in [2.75, 3.05) is 19.1 Å². The van der Waals surface area contributed by atoms with Crippen LogP contribution in [0, 0.1) is 5.82 Å². The zero-order chi connectivity index (χ0) is 25.4. The molecule has 1 aliphatic rings. The molecule has 6 nitrogen and oxygen atoms in total. The van der Waals surface area contributed by atoms with Crippen molar-refractivity contribution >= 4 is 33.9 Å². The van der Waals surface area contributed by atoms with E-state index in [0.717, 1.165) is 16.8 Å². The van der Waals surface area contributed by atoms with Crippen LogP contribution in [0.5, 0.6) is 11.5 Å². The number of aliphatic hydroxyl groups is 1. The van der Waals surface area contributed by atoms with Crippen LogP contribution in [-0.4, -0.2) is 31.0 Å². The summed E-state index contributed by atoms with van der Waals surface area (Å²) in [5.41, 5.74) is 0.910. The molecule has 0 radical (unpaired) electrons. The summed E-state index contributed by atoms with van der Waals surface area (Å²) in [7, 11) is 2.91. The summed E-state index contributed by atoms with van der Waals surface area (Å²) in [5, 5.41) is 13.1. The molecule has 1 N–H and O–H groups in total. The maximum Gasteiger partial charge on any atom is 0.300 e. The van der Waals surface area contributed by atoms with Crippen LogP contribution in [-0.2, 0) is 9.59 Å². The number of ketones is 1. The minimum absolute atomic E-state index is 0.0181. The maximum atomic E-state index is 14.2. The van der Waals surface area contributed by atoms with Gasteiger partial charge in [-0.05, 0) is 58.8 Å². The fraction of sp³-hybridized carbons (Fsp3) is 0.103. The second-order valence-corrected chi connectivity index (χ2v) is 8.28. The number of ether oxygens (including phenoxy) is 2. The predicted molar refractivity (Wildman–Crippen MR) is 135 cm³/mol. The fourth-order valence-corrected chi connectivity index (χ4v) is 4.64. The number of Topliss-reactive ketones (excluding diaryl/α,β-unsaturated/α-hetero) is 1. The Labute approximate surface area is 206 Å². The van der Waals surface area contributed by atoms with Crippen LogP contribution in [0.25, 0.3) is 16.5 Å². The summed E-state index contributed by atoms with van der Waals surface area (Å²) in [6.07, 6.45) is 0. The Morgan fingerprint density at radius 2 is 1.61 bits per heavy atom. The molecule has 180 valence electrons. The van der Waals surface area contributed by atoms with Gasteiger partial charge in [-0.15, -0.1) is 0 Å². The number of halogens is 1. The molecule has 36 heavy (non-hydrogen) atoms. The number of aliphatic hydroxyl groups excluding tert-OH is 1. The number of rotatable bonds is 5. The van der Waals surface area contributed by atoms with E-state index in [1.807, 2.05) is 42.5 Å². The second-order valence-electron chi connectivity index (χ2n) is 8.28. The molecule has 0 bridgehead atoms. The van der Waals surface area contributed by atoms with Crippen molar-refractivity contribution in [3.8, 4) is 11.5 Å². The van der Waals surface area contributed by atoms with Crippen molar-refractivity contribution in [3.05, 3.63) is 107 Å². The molecule has 7 heteroatoms. The van der Waals surface area contributed by atoms with Crippen molar-refractivity contribution in [1.29, 1.82) is 0 Å². The molecule has 5 rings (SSSR count). The van der Waals surface area contributed by atoms with Gasteiger partial charge in [0.15, 0.2) is 0 Å². The van der Waals surface area contributed by atoms with Gasteiger partial charge in [0.05, 0.1) is 31.4 Å². The van der Waals surface area contributed by atoms with E-state index in [4.69, 9.17) is 9.47 Å². The maximum absolute atomic E-state index is 14.2. The molecule has 0 spiro atoms. The molecule has 1 fully saturated rings. The van der Waals surface area contributed by atoms with Crippen LogP contribution >= 0.6 is 0 Å². The summed E-state index contributed by atoms with van der Waals surface area (Å²) < 4.78 is 24.7. The zero-order valence-corrected chi connectivity index (χ0v) is 19.6. The van der Waals surface area contributed by atoms with Gasteiger partial charge < -0.3 is 14.6 Å². The monoisotopic (exact) mass is 483 g/mol. The smallest absolute Gasteiger partial charge is 0.300 e. The van der Waals surface area contributed by atoms with E-state index in [2.05, 4.69) is 0 Å². The minimum Gasteiger partial charge on any atom is -0.507 e. The first-order valence-electron chi connectivity index (χ1n) is 11.2. The number of hydrogen-bond donors (Lipinski definition) is 1. The Bertz CT molecular complexity index is 1520. The first-order chi connectivity index (χ1) is 17.4. The van der Waals surface area contributed by atoms with Gasteiger partial charge in [-0.1, -0.05) is 42.5 Å². The average Bonchev–Trinajstić information content (AvgIpc) is 3.17.